The van der Waals surface area contributed by atoms with Crippen molar-refractivity contribution in [2.45, 2.75) is 38.5 Å². The van der Waals surface area contributed by atoms with E-state index < -0.39 is 0 Å². The van der Waals surface area contributed by atoms with E-state index in [0.29, 0.717) is 11.7 Å². The van der Waals surface area contributed by atoms with Gasteiger partial charge in [-0.15, -0.1) is 11.3 Å². The molecule has 0 unspecified atom stereocenters. The average Bonchev–Trinajstić information content (AvgIpc) is 2.53. The first-order valence-corrected chi connectivity index (χ1v) is 5.51. The van der Waals surface area contributed by atoms with Crippen LogP contribution in [0.3, 0.4) is 0 Å². The molecule has 1 saturated carbocycles. The van der Waals surface area contributed by atoms with Crippen molar-refractivity contribution in [1.82, 2.24) is 4.98 Å². The molecule has 1 aromatic rings. The van der Waals surface area contributed by atoms with Crippen molar-refractivity contribution >= 4 is 17.1 Å². The van der Waals surface area contributed by atoms with Crippen LogP contribution in [0, 0.1) is 6.92 Å². The van der Waals surface area contributed by atoms with Gasteiger partial charge in [0.25, 0.3) is 0 Å². The number of aromatic nitrogens is 1. The third-order valence-electron chi connectivity index (χ3n) is 2.58. The topological polar surface area (TPSA) is 30.0 Å². The summed E-state index contributed by atoms with van der Waals surface area (Å²) < 4.78 is 0. The van der Waals surface area contributed by atoms with Gasteiger partial charge in [-0.1, -0.05) is 0 Å². The molecule has 0 radical (unpaired) electrons. The zero-order valence-corrected chi connectivity index (χ0v) is 8.56. The third kappa shape index (κ3) is 1.97. The number of carbonyl (C=O) groups is 1. The fourth-order valence-electron chi connectivity index (χ4n) is 1.79. The summed E-state index contributed by atoms with van der Waals surface area (Å²) in [6.07, 6.45) is 5.56. The largest absolute Gasteiger partial charge is 0.300 e. The van der Waals surface area contributed by atoms with E-state index in [2.05, 4.69) is 4.98 Å². The van der Waals surface area contributed by atoms with E-state index in [-0.39, 0.29) is 0 Å². The number of ketones is 1. The number of carbonyl (C=O) groups excluding carboxylic acids is 1. The predicted octanol–water partition coefficient (Wildman–Crippen LogP) is 2.68. The Hall–Kier alpha value is -0.700. The Bertz CT molecular complexity index is 308. The van der Waals surface area contributed by atoms with Gasteiger partial charge in [0.2, 0.25) is 0 Å². The first-order chi connectivity index (χ1) is 6.25. The molecule has 0 aromatic carbocycles. The minimum atomic E-state index is 0.428. The van der Waals surface area contributed by atoms with Gasteiger partial charge < -0.3 is 0 Å². The molecule has 0 bridgehead atoms. The van der Waals surface area contributed by atoms with Gasteiger partial charge >= 0.3 is 0 Å². The number of rotatable bonds is 1. The van der Waals surface area contributed by atoms with Crippen LogP contribution in [0.4, 0.5) is 0 Å². The minimum absolute atomic E-state index is 0.428. The average molecular weight is 195 g/mol. The van der Waals surface area contributed by atoms with E-state index in [4.69, 9.17) is 0 Å². The Morgan fingerprint density at radius 2 is 2.15 bits per heavy atom. The number of Topliss-reactive ketones (excluding diaryl/α,β-unsaturated/α-hetero) is 1. The molecule has 1 aliphatic carbocycles. The SMILES string of the molecule is Cc1ncc(C2CCC(=O)CC2)s1. The molecule has 3 heteroatoms. The highest BCUT2D eigenvalue weighted by atomic mass is 32.1. The second-order valence-corrected chi connectivity index (χ2v) is 4.86. The predicted molar refractivity (Wildman–Crippen MR) is 53.1 cm³/mol. The van der Waals surface area contributed by atoms with Crippen LogP contribution in [0.2, 0.25) is 0 Å². The van der Waals surface area contributed by atoms with E-state index >= 15 is 0 Å². The lowest BCUT2D eigenvalue weighted by molar-refractivity contribution is -0.120. The molecular formula is C10H13NOS. The van der Waals surface area contributed by atoms with E-state index in [1.165, 1.54) is 4.88 Å². The molecule has 0 aliphatic heterocycles. The molecule has 1 heterocycles. The molecule has 0 amide bonds. The summed E-state index contributed by atoms with van der Waals surface area (Å²) in [5, 5.41) is 1.13. The van der Waals surface area contributed by atoms with Crippen LogP contribution in [0.15, 0.2) is 6.20 Å². The Morgan fingerprint density at radius 1 is 1.46 bits per heavy atom. The number of aryl methyl sites for hydroxylation is 1. The maximum atomic E-state index is 11.0. The fourth-order valence-corrected chi connectivity index (χ4v) is 2.75. The van der Waals surface area contributed by atoms with Gasteiger partial charge in [-0.3, -0.25) is 4.79 Å². The second-order valence-electron chi connectivity index (χ2n) is 3.59. The van der Waals surface area contributed by atoms with Gasteiger partial charge in [-0.25, -0.2) is 4.98 Å². The fraction of sp³-hybridized carbons (Fsp3) is 0.600. The molecular weight excluding hydrogens is 182 g/mol. The van der Waals surface area contributed by atoms with Crippen molar-refractivity contribution in [2.75, 3.05) is 0 Å². The molecule has 13 heavy (non-hydrogen) atoms. The normalized spacial score (nSPS) is 19.3. The quantitative estimate of drug-likeness (QED) is 0.689. The van der Waals surface area contributed by atoms with E-state index in [1.807, 2.05) is 13.1 Å². The highest BCUT2D eigenvalue weighted by Crippen LogP contribution is 2.33. The van der Waals surface area contributed by atoms with Crippen LogP contribution < -0.4 is 0 Å². The first-order valence-electron chi connectivity index (χ1n) is 4.70. The minimum Gasteiger partial charge on any atom is -0.300 e. The number of thiazole rings is 1. The van der Waals surface area contributed by atoms with Crippen LogP contribution in [0.25, 0.3) is 0 Å². The van der Waals surface area contributed by atoms with Crippen molar-refractivity contribution in [2.24, 2.45) is 0 Å². The number of nitrogens with zero attached hydrogens (tertiary/aromatic N) is 1. The maximum absolute atomic E-state index is 11.0. The van der Waals surface area contributed by atoms with Gasteiger partial charge in [0.15, 0.2) is 0 Å². The third-order valence-corrected chi connectivity index (χ3v) is 3.66. The molecule has 70 valence electrons. The van der Waals surface area contributed by atoms with Gasteiger partial charge in [0.05, 0.1) is 5.01 Å². The van der Waals surface area contributed by atoms with E-state index in [9.17, 15) is 4.79 Å². The molecule has 2 nitrogen and oxygen atoms in total. The van der Waals surface area contributed by atoms with Crippen LogP contribution in [-0.4, -0.2) is 10.8 Å². The van der Waals surface area contributed by atoms with Crippen molar-refractivity contribution in [1.29, 1.82) is 0 Å². The second kappa shape index (κ2) is 3.58. The summed E-state index contributed by atoms with van der Waals surface area (Å²) in [6, 6.07) is 0. The highest BCUT2D eigenvalue weighted by Gasteiger charge is 2.21. The molecule has 0 spiro atoms. The number of hydrogen-bond donors (Lipinski definition) is 0. The number of hydrogen-bond acceptors (Lipinski definition) is 3. The summed E-state index contributed by atoms with van der Waals surface area (Å²) in [7, 11) is 0. The highest BCUT2D eigenvalue weighted by molar-refractivity contribution is 7.11. The first kappa shape index (κ1) is 8.88. The van der Waals surface area contributed by atoms with Gasteiger partial charge in [-0.2, -0.15) is 0 Å². The molecule has 0 atom stereocenters. The van der Waals surface area contributed by atoms with Crippen LogP contribution >= 0.6 is 11.3 Å². The smallest absolute Gasteiger partial charge is 0.132 e. The Kier molecular flexibility index (Phi) is 2.44. The van der Waals surface area contributed by atoms with Crippen LogP contribution in [0.5, 0.6) is 0 Å². The van der Waals surface area contributed by atoms with Gasteiger partial charge in [0.1, 0.15) is 5.78 Å². The lowest BCUT2D eigenvalue weighted by Gasteiger charge is -2.18. The molecule has 0 N–H and O–H groups in total. The molecule has 2 rings (SSSR count). The zero-order chi connectivity index (χ0) is 9.26. The monoisotopic (exact) mass is 195 g/mol. The van der Waals surface area contributed by atoms with Crippen molar-refractivity contribution in [3.05, 3.63) is 16.1 Å². The molecule has 0 saturated heterocycles. The van der Waals surface area contributed by atoms with Gasteiger partial charge in [0, 0.05) is 23.9 Å². The van der Waals surface area contributed by atoms with Gasteiger partial charge in [-0.05, 0) is 25.7 Å². The standard InChI is InChI=1S/C10H13NOS/c1-7-11-6-10(13-7)8-2-4-9(12)5-3-8/h6,8H,2-5H2,1H3. The van der Waals surface area contributed by atoms with Crippen LogP contribution in [0.1, 0.15) is 41.5 Å². The Labute approximate surface area is 82.0 Å². The lowest BCUT2D eigenvalue weighted by Crippen LogP contribution is -2.11. The van der Waals surface area contributed by atoms with Crippen molar-refractivity contribution < 1.29 is 4.79 Å². The molecule has 1 aliphatic rings. The van der Waals surface area contributed by atoms with E-state index in [0.717, 1.165) is 30.7 Å². The maximum Gasteiger partial charge on any atom is 0.132 e. The molecule has 1 aromatic heterocycles. The van der Waals surface area contributed by atoms with Crippen molar-refractivity contribution in [3.63, 3.8) is 0 Å². The summed E-state index contributed by atoms with van der Waals surface area (Å²) in [5.74, 6) is 1.03. The van der Waals surface area contributed by atoms with E-state index in [1.54, 1.807) is 11.3 Å². The summed E-state index contributed by atoms with van der Waals surface area (Å²) >= 11 is 1.77. The summed E-state index contributed by atoms with van der Waals surface area (Å²) in [5.41, 5.74) is 0. The molecule has 1 fully saturated rings. The summed E-state index contributed by atoms with van der Waals surface area (Å²) in [6.45, 7) is 2.03. The summed E-state index contributed by atoms with van der Waals surface area (Å²) in [4.78, 5) is 16.6. The van der Waals surface area contributed by atoms with Crippen LogP contribution in [-0.2, 0) is 4.79 Å². The Morgan fingerprint density at radius 3 is 2.69 bits per heavy atom. The Balaban J connectivity index is 2.06. The lowest BCUT2D eigenvalue weighted by atomic mass is 9.88. The van der Waals surface area contributed by atoms with Crippen molar-refractivity contribution in [3.8, 4) is 0 Å². The zero-order valence-electron chi connectivity index (χ0n) is 7.75.